The van der Waals surface area contributed by atoms with Crippen LogP contribution in [-0.2, 0) is 10.5 Å². The first-order chi connectivity index (χ1) is 9.92. The molecule has 1 fully saturated rings. The normalized spacial score (nSPS) is 15.3. The fourth-order valence-corrected chi connectivity index (χ4v) is 3.07. The van der Waals surface area contributed by atoms with Crippen molar-refractivity contribution >= 4 is 17.6 Å². The van der Waals surface area contributed by atoms with E-state index in [1.165, 1.54) is 10.5 Å². The van der Waals surface area contributed by atoms with E-state index in [0.29, 0.717) is 0 Å². The lowest BCUT2D eigenvalue weighted by atomic mass is 10.2. The summed E-state index contributed by atoms with van der Waals surface area (Å²) in [6.45, 7) is 3.45. The first kappa shape index (κ1) is 13.5. The second-order valence-corrected chi connectivity index (χ2v) is 5.77. The average molecular weight is 286 g/mol. The molecule has 1 saturated heterocycles. The molecule has 2 aromatic rings. The molecule has 4 heteroatoms. The highest BCUT2D eigenvalue weighted by Crippen LogP contribution is 2.25. The Morgan fingerprint density at radius 2 is 1.90 bits per heavy atom. The molecule has 2 heterocycles. The van der Waals surface area contributed by atoms with E-state index in [9.17, 15) is 0 Å². The van der Waals surface area contributed by atoms with Crippen molar-refractivity contribution in [3.05, 3.63) is 54.2 Å². The largest absolute Gasteiger partial charge is 0.378 e. The van der Waals surface area contributed by atoms with Gasteiger partial charge in [-0.25, -0.2) is 4.98 Å². The molecule has 0 N–H and O–H groups in total. The molecular formula is C16H18N2OS. The van der Waals surface area contributed by atoms with Crippen molar-refractivity contribution in [2.24, 2.45) is 0 Å². The van der Waals surface area contributed by atoms with Crippen LogP contribution in [0.5, 0.6) is 0 Å². The van der Waals surface area contributed by atoms with Crippen LogP contribution in [0.2, 0.25) is 0 Å². The summed E-state index contributed by atoms with van der Waals surface area (Å²) in [4.78, 5) is 8.03. The van der Waals surface area contributed by atoms with E-state index in [2.05, 4.69) is 52.3 Å². The van der Waals surface area contributed by atoms with Gasteiger partial charge in [-0.3, -0.25) is 0 Å². The third-order valence-corrected chi connectivity index (χ3v) is 4.37. The third-order valence-electron chi connectivity index (χ3n) is 3.30. The van der Waals surface area contributed by atoms with Gasteiger partial charge in [0.1, 0.15) is 5.82 Å². The molecule has 104 valence electrons. The number of nitrogens with zero attached hydrogens (tertiary/aromatic N) is 2. The Bertz CT molecular complexity index is 541. The molecule has 20 heavy (non-hydrogen) atoms. The van der Waals surface area contributed by atoms with Crippen LogP contribution in [-0.4, -0.2) is 31.3 Å². The minimum absolute atomic E-state index is 0.795. The highest BCUT2D eigenvalue weighted by molar-refractivity contribution is 7.98. The average Bonchev–Trinajstić information content (AvgIpc) is 2.55. The van der Waals surface area contributed by atoms with Gasteiger partial charge in [-0.1, -0.05) is 30.3 Å². The van der Waals surface area contributed by atoms with Gasteiger partial charge in [0.25, 0.3) is 0 Å². The summed E-state index contributed by atoms with van der Waals surface area (Å²) in [6, 6.07) is 14.8. The minimum Gasteiger partial charge on any atom is -0.378 e. The molecule has 1 aliphatic rings. The Labute approximate surface area is 124 Å². The number of hydrogen-bond donors (Lipinski definition) is 0. The van der Waals surface area contributed by atoms with Gasteiger partial charge in [-0.15, -0.1) is 11.8 Å². The quantitative estimate of drug-likeness (QED) is 0.806. The van der Waals surface area contributed by atoms with Gasteiger partial charge < -0.3 is 9.64 Å². The van der Waals surface area contributed by atoms with Gasteiger partial charge in [0.15, 0.2) is 0 Å². The van der Waals surface area contributed by atoms with Gasteiger partial charge >= 0.3 is 0 Å². The fraction of sp³-hybridized carbons (Fsp3) is 0.312. The lowest BCUT2D eigenvalue weighted by Crippen LogP contribution is -2.36. The summed E-state index contributed by atoms with van der Waals surface area (Å²) in [6.07, 6.45) is 1.90. The van der Waals surface area contributed by atoms with Crippen molar-refractivity contribution in [2.45, 2.75) is 10.6 Å². The van der Waals surface area contributed by atoms with E-state index in [1.807, 2.05) is 18.0 Å². The fourth-order valence-electron chi connectivity index (χ4n) is 2.20. The zero-order chi connectivity index (χ0) is 13.6. The molecule has 1 aromatic carbocycles. The summed E-state index contributed by atoms with van der Waals surface area (Å²) >= 11 is 1.85. The number of pyridine rings is 1. The number of rotatable bonds is 4. The standard InChI is InChI=1S/C16H18N2OS/c1-2-4-14(5-3-1)13-20-15-6-7-17-16(12-15)18-8-10-19-11-9-18/h1-7,12H,8-11,13H2. The van der Waals surface area contributed by atoms with E-state index >= 15 is 0 Å². The van der Waals surface area contributed by atoms with Crippen LogP contribution in [0.1, 0.15) is 5.56 Å². The molecule has 3 nitrogen and oxygen atoms in total. The van der Waals surface area contributed by atoms with Crippen LogP contribution >= 0.6 is 11.8 Å². The second kappa shape index (κ2) is 6.77. The van der Waals surface area contributed by atoms with Crippen molar-refractivity contribution in [3.63, 3.8) is 0 Å². The van der Waals surface area contributed by atoms with Gasteiger partial charge in [-0.2, -0.15) is 0 Å². The number of thioether (sulfide) groups is 1. The van der Waals surface area contributed by atoms with Crippen molar-refractivity contribution < 1.29 is 4.74 Å². The lowest BCUT2D eigenvalue weighted by Gasteiger charge is -2.27. The first-order valence-corrected chi connectivity index (χ1v) is 7.86. The topological polar surface area (TPSA) is 25.4 Å². The summed E-state index contributed by atoms with van der Waals surface area (Å²) in [5, 5.41) is 0. The Morgan fingerprint density at radius 3 is 2.70 bits per heavy atom. The smallest absolute Gasteiger partial charge is 0.129 e. The molecule has 0 aliphatic carbocycles. The van der Waals surface area contributed by atoms with Crippen molar-refractivity contribution in [1.29, 1.82) is 0 Å². The minimum atomic E-state index is 0.795. The van der Waals surface area contributed by atoms with Crippen molar-refractivity contribution in [3.8, 4) is 0 Å². The molecule has 1 aromatic heterocycles. The maximum atomic E-state index is 5.38. The van der Waals surface area contributed by atoms with Crippen LogP contribution < -0.4 is 4.90 Å². The Morgan fingerprint density at radius 1 is 1.10 bits per heavy atom. The van der Waals surface area contributed by atoms with Gasteiger partial charge in [0.2, 0.25) is 0 Å². The van der Waals surface area contributed by atoms with Crippen LogP contribution in [0.25, 0.3) is 0 Å². The predicted octanol–water partition coefficient (Wildman–Crippen LogP) is 3.21. The number of ether oxygens (including phenoxy) is 1. The molecule has 0 saturated carbocycles. The number of aromatic nitrogens is 1. The van der Waals surface area contributed by atoms with E-state index in [4.69, 9.17) is 4.74 Å². The highest BCUT2D eigenvalue weighted by atomic mass is 32.2. The summed E-state index contributed by atoms with van der Waals surface area (Å²) in [5.41, 5.74) is 1.35. The predicted molar refractivity (Wildman–Crippen MR) is 83.3 cm³/mol. The molecule has 1 aliphatic heterocycles. The van der Waals surface area contributed by atoms with E-state index in [0.717, 1.165) is 37.9 Å². The Hall–Kier alpha value is -1.52. The maximum Gasteiger partial charge on any atom is 0.129 e. The number of benzene rings is 1. The zero-order valence-electron chi connectivity index (χ0n) is 11.4. The third kappa shape index (κ3) is 3.52. The van der Waals surface area contributed by atoms with Crippen LogP contribution in [0.4, 0.5) is 5.82 Å². The molecule has 0 unspecified atom stereocenters. The summed E-state index contributed by atoms with van der Waals surface area (Å²) in [5.74, 6) is 2.05. The lowest BCUT2D eigenvalue weighted by molar-refractivity contribution is 0.122. The molecule has 0 atom stereocenters. The van der Waals surface area contributed by atoms with Gasteiger partial charge in [-0.05, 0) is 17.7 Å². The zero-order valence-corrected chi connectivity index (χ0v) is 12.2. The van der Waals surface area contributed by atoms with E-state index in [-0.39, 0.29) is 0 Å². The van der Waals surface area contributed by atoms with Crippen LogP contribution in [0.3, 0.4) is 0 Å². The second-order valence-electron chi connectivity index (χ2n) is 4.72. The molecule has 3 rings (SSSR count). The van der Waals surface area contributed by atoms with E-state index < -0.39 is 0 Å². The monoisotopic (exact) mass is 286 g/mol. The summed E-state index contributed by atoms with van der Waals surface area (Å²) < 4.78 is 5.38. The van der Waals surface area contributed by atoms with Crippen molar-refractivity contribution in [2.75, 3.05) is 31.2 Å². The first-order valence-electron chi connectivity index (χ1n) is 6.87. The summed E-state index contributed by atoms with van der Waals surface area (Å²) in [7, 11) is 0. The molecule has 0 spiro atoms. The van der Waals surface area contributed by atoms with Crippen molar-refractivity contribution in [1.82, 2.24) is 4.98 Å². The maximum absolute atomic E-state index is 5.38. The molecule has 0 radical (unpaired) electrons. The van der Waals surface area contributed by atoms with Gasteiger partial charge in [0.05, 0.1) is 13.2 Å². The molecule has 0 bridgehead atoms. The van der Waals surface area contributed by atoms with Crippen LogP contribution in [0, 0.1) is 0 Å². The molecular weight excluding hydrogens is 268 g/mol. The highest BCUT2D eigenvalue weighted by Gasteiger charge is 2.12. The van der Waals surface area contributed by atoms with E-state index in [1.54, 1.807) is 0 Å². The number of anilines is 1. The molecule has 0 amide bonds. The Balaban J connectivity index is 1.65. The number of hydrogen-bond acceptors (Lipinski definition) is 4. The van der Waals surface area contributed by atoms with Crippen LogP contribution in [0.15, 0.2) is 53.6 Å². The number of morpholine rings is 1. The van der Waals surface area contributed by atoms with Gasteiger partial charge in [0, 0.05) is 29.9 Å². The Kier molecular flexibility index (Phi) is 4.56. The SMILES string of the molecule is c1ccc(CSc2ccnc(N3CCOCC3)c2)cc1.